The maximum Gasteiger partial charge on any atom is 0.132 e. The van der Waals surface area contributed by atoms with Gasteiger partial charge in [-0.25, -0.2) is 0 Å². The lowest BCUT2D eigenvalue weighted by atomic mass is 9.73. The summed E-state index contributed by atoms with van der Waals surface area (Å²) < 4.78 is 0. The van der Waals surface area contributed by atoms with Crippen LogP contribution in [0.5, 0.6) is 0 Å². The van der Waals surface area contributed by atoms with Crippen LogP contribution in [0.15, 0.2) is 18.2 Å². The Balaban J connectivity index is 2.14. The Hall–Kier alpha value is -1.06. The van der Waals surface area contributed by atoms with Crippen molar-refractivity contribution in [3.05, 3.63) is 28.9 Å². The zero-order valence-corrected chi connectivity index (χ0v) is 9.01. The molecule has 1 aromatic heterocycles. The summed E-state index contributed by atoms with van der Waals surface area (Å²) in [6.45, 7) is 0. The smallest absolute Gasteiger partial charge is 0.132 e. The number of aromatic nitrogens is 2. The molecule has 0 amide bonds. The highest BCUT2D eigenvalue weighted by atomic mass is 35.5. The molecule has 1 saturated carbocycles. The first-order valence-corrected chi connectivity index (χ1v) is 5.50. The van der Waals surface area contributed by atoms with Gasteiger partial charge in [-0.15, -0.1) is 0 Å². The first kappa shape index (κ1) is 9.19. The quantitative estimate of drug-likeness (QED) is 0.778. The maximum absolute atomic E-state index is 6.25. The summed E-state index contributed by atoms with van der Waals surface area (Å²) in [6, 6.07) is 6.09. The van der Waals surface area contributed by atoms with Crippen molar-refractivity contribution in [3.8, 4) is 0 Å². The van der Waals surface area contributed by atoms with Crippen molar-refractivity contribution < 1.29 is 0 Å². The molecule has 0 unspecified atom stereocenters. The molecule has 1 fully saturated rings. The topological polar surface area (TPSA) is 54.7 Å². The van der Waals surface area contributed by atoms with Gasteiger partial charge in [0.15, 0.2) is 0 Å². The number of H-pyrrole nitrogens is 1. The van der Waals surface area contributed by atoms with E-state index in [4.69, 9.17) is 17.3 Å². The van der Waals surface area contributed by atoms with Crippen LogP contribution in [0.4, 0.5) is 0 Å². The Bertz CT molecular complexity index is 514. The number of fused-ring (bicyclic) bond motifs is 1. The number of nitrogens with one attached hydrogen (secondary N) is 1. The van der Waals surface area contributed by atoms with E-state index in [1.54, 1.807) is 0 Å². The predicted octanol–water partition coefficient (Wildman–Crippen LogP) is 2.55. The van der Waals surface area contributed by atoms with Crippen molar-refractivity contribution in [3.63, 3.8) is 0 Å². The third-order valence-corrected chi connectivity index (χ3v) is 3.62. The Kier molecular flexibility index (Phi) is 1.82. The lowest BCUT2D eigenvalue weighted by molar-refractivity contribution is 0.254. The van der Waals surface area contributed by atoms with Crippen LogP contribution in [0.3, 0.4) is 0 Å². The molecule has 0 radical (unpaired) electrons. The zero-order valence-electron chi connectivity index (χ0n) is 8.26. The van der Waals surface area contributed by atoms with E-state index in [9.17, 15) is 0 Å². The summed E-state index contributed by atoms with van der Waals surface area (Å²) in [4.78, 5) is 0. The van der Waals surface area contributed by atoms with Gasteiger partial charge in [0.1, 0.15) is 5.15 Å². The highest BCUT2D eigenvalue weighted by molar-refractivity contribution is 6.34. The monoisotopic (exact) mass is 221 g/mol. The number of aromatic amines is 1. The fourth-order valence-corrected chi connectivity index (χ4v) is 2.34. The summed E-state index contributed by atoms with van der Waals surface area (Å²) in [5, 5.41) is 8.46. The zero-order chi connectivity index (χ0) is 10.5. The number of halogens is 1. The van der Waals surface area contributed by atoms with Gasteiger partial charge in [-0.05, 0) is 37.0 Å². The number of hydrogen-bond donors (Lipinski definition) is 2. The number of benzene rings is 1. The molecule has 1 aliphatic rings. The van der Waals surface area contributed by atoms with Crippen molar-refractivity contribution in [2.24, 2.45) is 5.73 Å². The van der Waals surface area contributed by atoms with Crippen LogP contribution in [0.2, 0.25) is 5.15 Å². The molecule has 1 heterocycles. The summed E-state index contributed by atoms with van der Waals surface area (Å²) in [5.74, 6) is 0. The van der Waals surface area contributed by atoms with Crippen molar-refractivity contribution in [2.75, 3.05) is 0 Å². The van der Waals surface area contributed by atoms with Crippen molar-refractivity contribution in [1.82, 2.24) is 10.2 Å². The normalized spacial score (nSPS) is 19.1. The number of rotatable bonds is 1. The second-order valence-electron chi connectivity index (χ2n) is 4.28. The van der Waals surface area contributed by atoms with E-state index in [0.29, 0.717) is 5.15 Å². The highest BCUT2D eigenvalue weighted by Gasteiger charge is 2.34. The van der Waals surface area contributed by atoms with Gasteiger partial charge in [0.05, 0.1) is 5.52 Å². The number of nitrogens with two attached hydrogens (primary N) is 1. The first-order chi connectivity index (χ1) is 7.19. The molecular weight excluding hydrogens is 210 g/mol. The molecule has 3 rings (SSSR count). The summed E-state index contributed by atoms with van der Waals surface area (Å²) >= 11 is 5.94. The van der Waals surface area contributed by atoms with Crippen LogP contribution in [0.1, 0.15) is 24.8 Å². The van der Waals surface area contributed by atoms with Gasteiger partial charge in [-0.1, -0.05) is 17.7 Å². The van der Waals surface area contributed by atoms with E-state index in [0.717, 1.165) is 23.7 Å². The Morgan fingerprint density at radius 3 is 2.87 bits per heavy atom. The molecule has 1 aromatic carbocycles. The maximum atomic E-state index is 6.25. The lowest BCUT2D eigenvalue weighted by Gasteiger charge is -2.38. The van der Waals surface area contributed by atoms with Gasteiger partial charge < -0.3 is 5.73 Å². The Labute approximate surface area is 92.6 Å². The molecule has 0 aliphatic heterocycles. The minimum atomic E-state index is -0.125. The SMILES string of the molecule is NC1(c2ccc3c(Cl)[nH]nc3c2)CCC1. The van der Waals surface area contributed by atoms with E-state index in [1.807, 2.05) is 12.1 Å². The third-order valence-electron chi connectivity index (χ3n) is 3.33. The van der Waals surface area contributed by atoms with Crippen molar-refractivity contribution >= 4 is 22.5 Å². The molecule has 3 N–H and O–H groups in total. The second-order valence-corrected chi connectivity index (χ2v) is 4.66. The fraction of sp³-hybridized carbons (Fsp3) is 0.364. The molecule has 0 saturated heterocycles. The van der Waals surface area contributed by atoms with Crippen LogP contribution >= 0.6 is 11.6 Å². The Morgan fingerprint density at radius 2 is 2.20 bits per heavy atom. The molecule has 15 heavy (non-hydrogen) atoms. The standard InChI is InChI=1S/C11H12ClN3/c12-10-8-3-2-7(6-9(8)14-15-10)11(13)4-1-5-11/h2-3,6H,1,4-5,13H2,(H,14,15). The van der Waals surface area contributed by atoms with Crippen LogP contribution in [-0.4, -0.2) is 10.2 Å². The summed E-state index contributed by atoms with van der Waals surface area (Å²) in [7, 11) is 0. The van der Waals surface area contributed by atoms with Crippen LogP contribution in [-0.2, 0) is 5.54 Å². The average Bonchev–Trinajstić information content (AvgIpc) is 2.56. The molecule has 4 heteroatoms. The van der Waals surface area contributed by atoms with Gasteiger partial charge >= 0.3 is 0 Å². The average molecular weight is 222 g/mol. The van der Waals surface area contributed by atoms with Gasteiger partial charge in [-0.2, -0.15) is 5.10 Å². The second kappa shape index (κ2) is 2.97. The lowest BCUT2D eigenvalue weighted by Crippen LogP contribution is -2.43. The van der Waals surface area contributed by atoms with E-state index in [1.165, 1.54) is 12.0 Å². The number of hydrogen-bond acceptors (Lipinski definition) is 2. The molecule has 0 atom stereocenters. The van der Waals surface area contributed by atoms with Crippen LogP contribution in [0.25, 0.3) is 10.9 Å². The van der Waals surface area contributed by atoms with Crippen molar-refractivity contribution in [1.29, 1.82) is 0 Å². The van der Waals surface area contributed by atoms with Crippen molar-refractivity contribution in [2.45, 2.75) is 24.8 Å². The molecule has 1 aliphatic carbocycles. The molecule has 2 aromatic rings. The first-order valence-electron chi connectivity index (χ1n) is 5.12. The van der Waals surface area contributed by atoms with Crippen LogP contribution < -0.4 is 5.73 Å². The van der Waals surface area contributed by atoms with Gasteiger partial charge in [0.2, 0.25) is 0 Å². The largest absolute Gasteiger partial charge is 0.321 e. The van der Waals surface area contributed by atoms with Crippen LogP contribution in [0, 0.1) is 0 Å². The predicted molar refractivity (Wildman–Crippen MR) is 60.8 cm³/mol. The molecule has 0 spiro atoms. The Morgan fingerprint density at radius 1 is 1.40 bits per heavy atom. The minimum absolute atomic E-state index is 0.125. The summed E-state index contributed by atoms with van der Waals surface area (Å²) in [6.07, 6.45) is 3.35. The number of nitrogens with zero attached hydrogens (tertiary/aromatic N) is 1. The molecule has 3 nitrogen and oxygen atoms in total. The fourth-order valence-electron chi connectivity index (χ4n) is 2.14. The molecular formula is C11H12ClN3. The van der Waals surface area contributed by atoms with E-state index in [-0.39, 0.29) is 5.54 Å². The molecule has 0 bridgehead atoms. The minimum Gasteiger partial charge on any atom is -0.321 e. The highest BCUT2D eigenvalue weighted by Crippen LogP contribution is 2.39. The van der Waals surface area contributed by atoms with Gasteiger partial charge in [0.25, 0.3) is 0 Å². The van der Waals surface area contributed by atoms with E-state index >= 15 is 0 Å². The van der Waals surface area contributed by atoms with E-state index in [2.05, 4.69) is 16.3 Å². The van der Waals surface area contributed by atoms with E-state index < -0.39 is 0 Å². The van der Waals surface area contributed by atoms with Gasteiger partial charge in [0, 0.05) is 10.9 Å². The summed E-state index contributed by atoms with van der Waals surface area (Å²) in [5.41, 5.74) is 8.19. The third kappa shape index (κ3) is 1.27. The molecule has 78 valence electrons. The van der Waals surface area contributed by atoms with Gasteiger partial charge in [-0.3, -0.25) is 5.10 Å².